The largest absolute Gasteiger partial charge is 0.392 e. The van der Waals surface area contributed by atoms with Gasteiger partial charge in [-0.25, -0.2) is 0 Å². The Morgan fingerprint density at radius 2 is 1.94 bits per heavy atom. The molecule has 0 unspecified atom stereocenters. The highest BCUT2D eigenvalue weighted by Gasteiger charge is 2.54. The average molecular weight is 431 g/mol. The van der Waals surface area contributed by atoms with E-state index in [1.807, 2.05) is 6.92 Å². The molecule has 0 bridgehead atoms. The van der Waals surface area contributed by atoms with E-state index in [4.69, 9.17) is 0 Å². The van der Waals surface area contributed by atoms with Crippen LogP contribution in [-0.4, -0.2) is 33.1 Å². The second kappa shape index (κ2) is 9.53. The molecule has 0 aromatic rings. The van der Waals surface area contributed by atoms with Gasteiger partial charge in [0.05, 0.1) is 17.8 Å². The number of aliphatic hydroxyl groups excluding tert-OH is 2. The fourth-order valence-corrected chi connectivity index (χ4v) is 6.95. The summed E-state index contributed by atoms with van der Waals surface area (Å²) in [6, 6.07) is 0. The number of rotatable bonds is 6. The van der Waals surface area contributed by atoms with Crippen molar-refractivity contribution in [3.05, 3.63) is 35.5 Å². The van der Waals surface area contributed by atoms with Gasteiger partial charge in [0, 0.05) is 5.92 Å². The van der Waals surface area contributed by atoms with Gasteiger partial charge in [0.15, 0.2) is 0 Å². The molecule has 3 fully saturated rings. The molecule has 176 valence electrons. The summed E-state index contributed by atoms with van der Waals surface area (Å²) in [5, 5.41) is 32.2. The highest BCUT2D eigenvalue weighted by atomic mass is 16.3. The SMILES string of the molecule is C=C1/C(=C\C=C2/CCC[C@@]3(C)[C@H]2CC[C@@H]3[C@@](C)(O)CCCC(C)C)C[C@@H](O)[C@H](C)[C@@H]1O. The molecule has 0 amide bonds. The van der Waals surface area contributed by atoms with Gasteiger partial charge in [-0.3, -0.25) is 0 Å². The first-order valence-electron chi connectivity index (χ1n) is 12.6. The summed E-state index contributed by atoms with van der Waals surface area (Å²) in [6.07, 6.45) is 12.7. The third-order valence-corrected chi connectivity index (χ3v) is 8.98. The molecule has 3 nitrogen and oxygen atoms in total. The van der Waals surface area contributed by atoms with Crippen LogP contribution in [0.15, 0.2) is 35.5 Å². The average Bonchev–Trinajstić information content (AvgIpc) is 3.06. The van der Waals surface area contributed by atoms with Gasteiger partial charge in [0.1, 0.15) is 0 Å². The van der Waals surface area contributed by atoms with Gasteiger partial charge in [-0.05, 0) is 86.2 Å². The minimum Gasteiger partial charge on any atom is -0.392 e. The van der Waals surface area contributed by atoms with Crippen molar-refractivity contribution in [3.8, 4) is 0 Å². The summed E-state index contributed by atoms with van der Waals surface area (Å²) in [6.45, 7) is 15.0. The molecule has 3 aliphatic carbocycles. The lowest BCUT2D eigenvalue weighted by molar-refractivity contribution is -0.0657. The van der Waals surface area contributed by atoms with E-state index in [0.29, 0.717) is 24.2 Å². The van der Waals surface area contributed by atoms with Crippen molar-refractivity contribution in [2.75, 3.05) is 0 Å². The van der Waals surface area contributed by atoms with E-state index in [-0.39, 0.29) is 11.3 Å². The van der Waals surface area contributed by atoms with Gasteiger partial charge in [-0.2, -0.15) is 0 Å². The Balaban J connectivity index is 1.77. The molecule has 3 saturated carbocycles. The molecule has 7 atom stereocenters. The minimum atomic E-state index is -0.665. The molecular weight excluding hydrogens is 384 g/mol. The number of aliphatic hydroxyl groups is 3. The summed E-state index contributed by atoms with van der Waals surface area (Å²) >= 11 is 0. The summed E-state index contributed by atoms with van der Waals surface area (Å²) in [5.74, 6) is 1.39. The van der Waals surface area contributed by atoms with Crippen LogP contribution in [0.1, 0.15) is 92.4 Å². The topological polar surface area (TPSA) is 60.7 Å². The van der Waals surface area contributed by atoms with Crippen molar-refractivity contribution in [2.24, 2.45) is 29.1 Å². The van der Waals surface area contributed by atoms with Crippen molar-refractivity contribution in [1.29, 1.82) is 0 Å². The normalized spacial score (nSPS) is 41.1. The molecule has 0 aromatic heterocycles. The predicted molar refractivity (Wildman–Crippen MR) is 129 cm³/mol. The van der Waals surface area contributed by atoms with Crippen molar-refractivity contribution >= 4 is 0 Å². The molecule has 0 heterocycles. The summed E-state index contributed by atoms with van der Waals surface area (Å²) in [4.78, 5) is 0. The maximum atomic E-state index is 11.5. The molecule has 3 N–H and O–H groups in total. The van der Waals surface area contributed by atoms with Crippen LogP contribution in [0.3, 0.4) is 0 Å². The number of hydrogen-bond acceptors (Lipinski definition) is 3. The van der Waals surface area contributed by atoms with Crippen molar-refractivity contribution in [2.45, 2.75) is 110 Å². The Labute approximate surface area is 190 Å². The lowest BCUT2D eigenvalue weighted by atomic mass is 9.59. The Kier molecular flexibility index (Phi) is 7.61. The van der Waals surface area contributed by atoms with Crippen LogP contribution in [0, 0.1) is 29.1 Å². The Morgan fingerprint density at radius 1 is 1.23 bits per heavy atom. The maximum Gasteiger partial charge on any atom is 0.0837 e. The van der Waals surface area contributed by atoms with Crippen molar-refractivity contribution in [3.63, 3.8) is 0 Å². The molecule has 3 rings (SSSR count). The Hall–Kier alpha value is -0.900. The van der Waals surface area contributed by atoms with E-state index >= 15 is 0 Å². The fourth-order valence-electron chi connectivity index (χ4n) is 6.95. The van der Waals surface area contributed by atoms with Gasteiger partial charge < -0.3 is 15.3 Å². The quantitative estimate of drug-likeness (QED) is 0.488. The number of hydrogen-bond donors (Lipinski definition) is 3. The lowest BCUT2D eigenvalue weighted by Gasteiger charge is -2.47. The van der Waals surface area contributed by atoms with Crippen molar-refractivity contribution in [1.82, 2.24) is 0 Å². The standard InChI is InChI=1S/C28H46O3/c1-18(2)9-7-16-28(6,31)25-14-13-23-21(10-8-15-27(23,25)5)11-12-22-17-24(29)20(4)26(30)19(22)3/h11-12,18,20,23-26,29-31H,3,7-10,13-17H2,1-2,4-6H3/b21-11+,22-12-/t20-,23-,24+,25-,26+,27-,28-/m0/s1. The van der Waals surface area contributed by atoms with E-state index in [2.05, 4.69) is 46.4 Å². The highest BCUT2D eigenvalue weighted by molar-refractivity contribution is 5.39. The molecule has 0 saturated heterocycles. The zero-order valence-corrected chi connectivity index (χ0v) is 20.5. The third-order valence-electron chi connectivity index (χ3n) is 8.98. The number of fused-ring (bicyclic) bond motifs is 1. The molecule has 0 spiro atoms. The maximum absolute atomic E-state index is 11.5. The molecule has 3 heteroatoms. The smallest absolute Gasteiger partial charge is 0.0837 e. The molecule has 3 aliphatic rings. The third kappa shape index (κ3) is 5.04. The van der Waals surface area contributed by atoms with Crippen LogP contribution in [-0.2, 0) is 0 Å². The second-order valence-electron chi connectivity index (χ2n) is 11.7. The van der Waals surface area contributed by atoms with Crippen LogP contribution < -0.4 is 0 Å². The van der Waals surface area contributed by atoms with Crippen molar-refractivity contribution < 1.29 is 15.3 Å². The summed E-state index contributed by atoms with van der Waals surface area (Å²) in [5.41, 5.74) is 2.78. The first-order valence-corrected chi connectivity index (χ1v) is 12.6. The first kappa shape index (κ1) is 24.7. The van der Waals surface area contributed by atoms with Gasteiger partial charge >= 0.3 is 0 Å². The summed E-state index contributed by atoms with van der Waals surface area (Å²) < 4.78 is 0. The van der Waals surface area contributed by atoms with E-state index in [9.17, 15) is 15.3 Å². The van der Waals surface area contributed by atoms with Gasteiger partial charge in [0.25, 0.3) is 0 Å². The predicted octanol–water partition coefficient (Wildman–Crippen LogP) is 5.95. The Bertz CT molecular complexity index is 716. The van der Waals surface area contributed by atoms with Crippen LogP contribution in [0.25, 0.3) is 0 Å². The van der Waals surface area contributed by atoms with E-state index in [1.54, 1.807) is 0 Å². The molecule has 31 heavy (non-hydrogen) atoms. The fraction of sp³-hybridized carbons (Fsp3) is 0.786. The van der Waals surface area contributed by atoms with Gasteiger partial charge in [-0.15, -0.1) is 0 Å². The monoisotopic (exact) mass is 430 g/mol. The zero-order chi connectivity index (χ0) is 23.0. The molecule has 0 radical (unpaired) electrons. The van der Waals surface area contributed by atoms with Crippen LogP contribution in [0.5, 0.6) is 0 Å². The van der Waals surface area contributed by atoms with Crippen LogP contribution >= 0.6 is 0 Å². The highest BCUT2D eigenvalue weighted by Crippen LogP contribution is 2.60. The second-order valence-corrected chi connectivity index (χ2v) is 11.7. The van der Waals surface area contributed by atoms with Gasteiger partial charge in [0.2, 0.25) is 0 Å². The van der Waals surface area contributed by atoms with E-state index in [0.717, 1.165) is 43.3 Å². The minimum absolute atomic E-state index is 0.154. The van der Waals surface area contributed by atoms with E-state index < -0.39 is 17.8 Å². The Morgan fingerprint density at radius 3 is 2.61 bits per heavy atom. The number of allylic oxidation sites excluding steroid dienone is 3. The first-order chi connectivity index (χ1) is 14.5. The van der Waals surface area contributed by atoms with E-state index in [1.165, 1.54) is 24.8 Å². The molecule has 0 aromatic carbocycles. The molecular formula is C28H46O3. The van der Waals surface area contributed by atoms with Crippen LogP contribution in [0.2, 0.25) is 0 Å². The van der Waals surface area contributed by atoms with Crippen LogP contribution in [0.4, 0.5) is 0 Å². The molecule has 0 aliphatic heterocycles. The van der Waals surface area contributed by atoms with Gasteiger partial charge in [-0.1, -0.05) is 64.8 Å². The lowest BCUT2D eigenvalue weighted by Crippen LogP contribution is -2.45. The summed E-state index contributed by atoms with van der Waals surface area (Å²) in [7, 11) is 0. The zero-order valence-electron chi connectivity index (χ0n) is 20.5.